The first-order valence-corrected chi connectivity index (χ1v) is 6.22. The van der Waals surface area contributed by atoms with E-state index < -0.39 is 0 Å². The number of rotatable bonds is 7. The number of unbranched alkanes of at least 4 members (excludes halogenated alkanes) is 1. The van der Waals surface area contributed by atoms with Crippen LogP contribution in [0, 0.1) is 5.92 Å². The van der Waals surface area contributed by atoms with E-state index in [4.69, 9.17) is 15.0 Å². The summed E-state index contributed by atoms with van der Waals surface area (Å²) in [5.74, 6) is 1.40. The molecule has 0 spiro atoms. The van der Waals surface area contributed by atoms with Gasteiger partial charge < -0.3 is 15.0 Å². The van der Waals surface area contributed by atoms with E-state index in [9.17, 15) is 0 Å². The molecule has 0 amide bonds. The fourth-order valence-electron chi connectivity index (χ4n) is 1.74. The van der Waals surface area contributed by atoms with E-state index in [1.54, 1.807) is 7.11 Å². The first-order chi connectivity index (χ1) is 8.10. The van der Waals surface area contributed by atoms with Crippen LogP contribution in [0.3, 0.4) is 0 Å². The fraction of sp³-hybridized carbons (Fsp3) is 0.833. The zero-order valence-electron chi connectivity index (χ0n) is 11.1. The molecule has 0 aliphatic carbocycles. The Morgan fingerprint density at radius 2 is 2.12 bits per heavy atom. The van der Waals surface area contributed by atoms with Gasteiger partial charge in [0.25, 0.3) is 0 Å². The van der Waals surface area contributed by atoms with Gasteiger partial charge in [0.05, 0.1) is 6.04 Å². The summed E-state index contributed by atoms with van der Waals surface area (Å²) in [4.78, 5) is 4.33. The molecule has 1 unspecified atom stereocenters. The van der Waals surface area contributed by atoms with Crippen molar-refractivity contribution in [3.8, 4) is 0 Å². The Hall–Kier alpha value is -0.940. The van der Waals surface area contributed by atoms with Crippen LogP contribution >= 0.6 is 0 Å². The molecule has 1 aromatic heterocycles. The largest absolute Gasteiger partial charge is 0.373 e. The van der Waals surface area contributed by atoms with E-state index in [0.717, 1.165) is 19.3 Å². The summed E-state index contributed by atoms with van der Waals surface area (Å²) >= 11 is 0. The molecule has 2 atom stereocenters. The van der Waals surface area contributed by atoms with Crippen LogP contribution in [-0.2, 0) is 4.74 Å². The van der Waals surface area contributed by atoms with Crippen molar-refractivity contribution in [1.29, 1.82) is 0 Å². The summed E-state index contributed by atoms with van der Waals surface area (Å²) in [6, 6.07) is -0.166. The van der Waals surface area contributed by atoms with Crippen LogP contribution in [0.25, 0.3) is 0 Å². The number of ether oxygens (including phenoxy) is 1. The van der Waals surface area contributed by atoms with E-state index in [0.29, 0.717) is 17.6 Å². The Balaban J connectivity index is 2.69. The van der Waals surface area contributed by atoms with Crippen LogP contribution in [0.15, 0.2) is 4.52 Å². The number of aromatic nitrogens is 2. The Morgan fingerprint density at radius 3 is 2.65 bits per heavy atom. The molecule has 0 aliphatic heterocycles. The van der Waals surface area contributed by atoms with Gasteiger partial charge in [-0.2, -0.15) is 4.98 Å². The second-order valence-electron chi connectivity index (χ2n) is 4.64. The minimum Gasteiger partial charge on any atom is -0.373 e. The molecule has 1 rings (SSSR count). The van der Waals surface area contributed by atoms with E-state index in [1.165, 1.54) is 0 Å². The number of methoxy groups -OCH3 is 1. The van der Waals surface area contributed by atoms with Gasteiger partial charge in [0.2, 0.25) is 11.7 Å². The lowest BCUT2D eigenvalue weighted by Crippen LogP contribution is -2.13. The molecule has 5 nitrogen and oxygen atoms in total. The van der Waals surface area contributed by atoms with Crippen molar-refractivity contribution in [2.75, 3.05) is 7.11 Å². The lowest BCUT2D eigenvalue weighted by atomic mass is 10.1. The predicted molar refractivity (Wildman–Crippen MR) is 65.3 cm³/mol. The SMILES string of the molecule is CCCC[C@H](N)c1nc(C(OC)C(C)C)no1. The second-order valence-corrected chi connectivity index (χ2v) is 4.64. The Labute approximate surface area is 103 Å². The molecule has 0 fully saturated rings. The van der Waals surface area contributed by atoms with Crippen LogP contribution in [0.4, 0.5) is 0 Å². The predicted octanol–water partition coefficient (Wildman–Crippen LogP) is 2.60. The normalized spacial score (nSPS) is 15.2. The number of hydrogen-bond acceptors (Lipinski definition) is 5. The highest BCUT2D eigenvalue weighted by molar-refractivity contribution is 4.96. The molecule has 0 aromatic carbocycles. The molecule has 17 heavy (non-hydrogen) atoms. The molecule has 1 aromatic rings. The maximum Gasteiger partial charge on any atom is 0.243 e. The van der Waals surface area contributed by atoms with Gasteiger partial charge in [-0.3, -0.25) is 0 Å². The molecule has 1 heterocycles. The van der Waals surface area contributed by atoms with Crippen molar-refractivity contribution in [2.24, 2.45) is 11.7 Å². The standard InChI is InChI=1S/C12H23N3O2/c1-5-6-7-9(13)12-14-11(15-17-12)10(16-4)8(2)3/h8-10H,5-7,13H2,1-4H3/t9-,10?/m0/s1. The molecule has 2 N–H and O–H groups in total. The molecule has 0 bridgehead atoms. The summed E-state index contributed by atoms with van der Waals surface area (Å²) < 4.78 is 10.5. The zero-order valence-corrected chi connectivity index (χ0v) is 11.1. The summed E-state index contributed by atoms with van der Waals surface area (Å²) in [5.41, 5.74) is 5.98. The van der Waals surface area contributed by atoms with Crippen molar-refractivity contribution in [3.63, 3.8) is 0 Å². The van der Waals surface area contributed by atoms with Gasteiger partial charge in [0, 0.05) is 7.11 Å². The highest BCUT2D eigenvalue weighted by Gasteiger charge is 2.23. The van der Waals surface area contributed by atoms with Crippen LogP contribution in [-0.4, -0.2) is 17.3 Å². The van der Waals surface area contributed by atoms with Crippen LogP contribution in [0.5, 0.6) is 0 Å². The lowest BCUT2D eigenvalue weighted by Gasteiger charge is -2.14. The molecular formula is C12H23N3O2. The maximum absolute atomic E-state index is 5.98. The van der Waals surface area contributed by atoms with E-state index in [2.05, 4.69) is 30.9 Å². The number of nitrogens with zero attached hydrogens (tertiary/aromatic N) is 2. The second kappa shape index (κ2) is 6.71. The first-order valence-electron chi connectivity index (χ1n) is 6.22. The average Bonchev–Trinajstić information content (AvgIpc) is 2.75. The summed E-state index contributed by atoms with van der Waals surface area (Å²) in [7, 11) is 1.65. The molecule has 5 heteroatoms. The molecule has 98 valence electrons. The van der Waals surface area contributed by atoms with Gasteiger partial charge in [0.15, 0.2) is 0 Å². The monoisotopic (exact) mass is 241 g/mol. The van der Waals surface area contributed by atoms with E-state index in [1.807, 2.05) is 0 Å². The van der Waals surface area contributed by atoms with Gasteiger partial charge in [-0.25, -0.2) is 0 Å². The highest BCUT2D eigenvalue weighted by Crippen LogP contribution is 2.24. The topological polar surface area (TPSA) is 74.2 Å². The minimum atomic E-state index is -0.166. The minimum absolute atomic E-state index is 0.133. The third-order valence-electron chi connectivity index (χ3n) is 2.76. The Kier molecular flexibility index (Phi) is 5.58. The third kappa shape index (κ3) is 3.78. The van der Waals surface area contributed by atoms with Crippen LogP contribution in [0.2, 0.25) is 0 Å². The van der Waals surface area contributed by atoms with Gasteiger partial charge in [0.1, 0.15) is 6.10 Å². The smallest absolute Gasteiger partial charge is 0.243 e. The molecular weight excluding hydrogens is 218 g/mol. The summed E-state index contributed by atoms with van der Waals surface area (Å²) in [6.45, 7) is 6.24. The van der Waals surface area contributed by atoms with Crippen LogP contribution < -0.4 is 5.73 Å². The third-order valence-corrected chi connectivity index (χ3v) is 2.76. The van der Waals surface area contributed by atoms with Gasteiger partial charge in [-0.05, 0) is 12.3 Å². The first kappa shape index (κ1) is 14.1. The lowest BCUT2D eigenvalue weighted by molar-refractivity contribution is 0.0555. The fourth-order valence-corrected chi connectivity index (χ4v) is 1.74. The number of nitrogens with two attached hydrogens (primary N) is 1. The van der Waals surface area contributed by atoms with Crippen molar-refractivity contribution in [3.05, 3.63) is 11.7 Å². The zero-order chi connectivity index (χ0) is 12.8. The average molecular weight is 241 g/mol. The van der Waals surface area contributed by atoms with Crippen molar-refractivity contribution in [1.82, 2.24) is 10.1 Å². The molecule has 0 aliphatic rings. The van der Waals surface area contributed by atoms with Crippen molar-refractivity contribution in [2.45, 2.75) is 52.2 Å². The van der Waals surface area contributed by atoms with Crippen LogP contribution in [0.1, 0.15) is 63.9 Å². The summed E-state index contributed by atoms with van der Waals surface area (Å²) in [5, 5.41) is 3.95. The highest BCUT2D eigenvalue weighted by atomic mass is 16.5. The molecule has 0 saturated heterocycles. The molecule has 0 radical (unpaired) electrons. The quantitative estimate of drug-likeness (QED) is 0.794. The molecule has 0 saturated carbocycles. The van der Waals surface area contributed by atoms with Crippen molar-refractivity contribution < 1.29 is 9.26 Å². The Morgan fingerprint density at radius 1 is 1.41 bits per heavy atom. The Bertz CT molecular complexity index is 325. The van der Waals surface area contributed by atoms with Gasteiger partial charge in [-0.15, -0.1) is 0 Å². The maximum atomic E-state index is 5.98. The summed E-state index contributed by atoms with van der Waals surface area (Å²) in [6.07, 6.45) is 2.92. The van der Waals surface area contributed by atoms with Gasteiger partial charge in [-0.1, -0.05) is 38.8 Å². The van der Waals surface area contributed by atoms with E-state index >= 15 is 0 Å². The van der Waals surface area contributed by atoms with E-state index in [-0.39, 0.29) is 12.1 Å². The van der Waals surface area contributed by atoms with Crippen molar-refractivity contribution >= 4 is 0 Å². The number of hydrogen-bond donors (Lipinski definition) is 1. The van der Waals surface area contributed by atoms with Gasteiger partial charge >= 0.3 is 0 Å².